The van der Waals surface area contributed by atoms with Crippen molar-refractivity contribution in [1.29, 1.82) is 0 Å². The topological polar surface area (TPSA) is 55.5 Å². The number of fused-ring (bicyclic) bond motifs is 1. The molecule has 0 saturated heterocycles. The Bertz CT molecular complexity index is 762. The third kappa shape index (κ3) is 4.15. The molecule has 5 heteroatoms. The van der Waals surface area contributed by atoms with Crippen LogP contribution in [0, 0.1) is 5.92 Å². The zero-order chi connectivity index (χ0) is 18.9. The van der Waals surface area contributed by atoms with Gasteiger partial charge >= 0.3 is 0 Å². The lowest BCUT2D eigenvalue weighted by Crippen LogP contribution is -2.36. The summed E-state index contributed by atoms with van der Waals surface area (Å²) in [5.41, 5.74) is 6.20. The quantitative estimate of drug-likeness (QED) is 0.816. The highest BCUT2D eigenvalue weighted by molar-refractivity contribution is 5.84. The summed E-state index contributed by atoms with van der Waals surface area (Å²) in [6.45, 7) is 2.68. The van der Waals surface area contributed by atoms with Gasteiger partial charge in [-0.15, -0.1) is 0 Å². The number of hydrogen-bond donors (Lipinski definition) is 2. The molecule has 0 radical (unpaired) electrons. The number of ether oxygens (including phenoxy) is 1. The van der Waals surface area contributed by atoms with Crippen molar-refractivity contribution in [1.82, 2.24) is 0 Å². The maximum Gasteiger partial charge on any atom is 0.248 e. The van der Waals surface area contributed by atoms with Crippen LogP contribution >= 0.6 is 0 Å². The molecule has 3 N–H and O–H groups in total. The standard InChI is InChI=1S/C21H27F2NO2/c1-20(24,13-25)17-5-3-15-12-19(8-4-14(15)11-17)26-18-9-6-16(7-10-18)21(2,22)23/h3-5,8,11-12,16,18,25H,6-7,9-10,13,24H2,1-2H3/t16?,18?,20-/m0/s1. The molecule has 0 unspecified atom stereocenters. The van der Waals surface area contributed by atoms with Gasteiger partial charge in [-0.3, -0.25) is 0 Å². The van der Waals surface area contributed by atoms with E-state index in [0.717, 1.165) is 29.0 Å². The molecule has 0 heterocycles. The van der Waals surface area contributed by atoms with Gasteiger partial charge in [-0.05, 0) is 74.1 Å². The summed E-state index contributed by atoms with van der Waals surface area (Å²) >= 11 is 0. The first kappa shape index (κ1) is 19.1. The molecule has 2 aromatic carbocycles. The normalized spacial score (nSPS) is 23.6. The van der Waals surface area contributed by atoms with Crippen molar-refractivity contribution in [2.75, 3.05) is 6.61 Å². The fraction of sp³-hybridized carbons (Fsp3) is 0.524. The number of aliphatic hydroxyl groups excluding tert-OH is 1. The van der Waals surface area contributed by atoms with Crippen molar-refractivity contribution in [2.24, 2.45) is 11.7 Å². The van der Waals surface area contributed by atoms with Crippen LogP contribution in [-0.2, 0) is 5.54 Å². The van der Waals surface area contributed by atoms with Crippen molar-refractivity contribution in [2.45, 2.75) is 57.1 Å². The maximum absolute atomic E-state index is 13.4. The van der Waals surface area contributed by atoms with Gasteiger partial charge in [-0.25, -0.2) is 8.78 Å². The number of aliphatic hydroxyl groups is 1. The predicted octanol–water partition coefficient (Wildman–Crippen LogP) is 4.60. The molecular weight excluding hydrogens is 336 g/mol. The van der Waals surface area contributed by atoms with Gasteiger partial charge in [0.2, 0.25) is 5.92 Å². The van der Waals surface area contributed by atoms with Gasteiger partial charge in [0.15, 0.2) is 0 Å². The number of nitrogens with two attached hydrogens (primary N) is 1. The molecule has 1 aliphatic rings. The zero-order valence-electron chi connectivity index (χ0n) is 15.3. The molecular formula is C21H27F2NO2. The molecule has 1 saturated carbocycles. The number of alkyl halides is 2. The second-order valence-electron chi connectivity index (χ2n) is 7.85. The van der Waals surface area contributed by atoms with Crippen molar-refractivity contribution in [3.05, 3.63) is 42.0 Å². The Morgan fingerprint density at radius 3 is 2.27 bits per heavy atom. The van der Waals surface area contributed by atoms with E-state index in [9.17, 15) is 13.9 Å². The Kier molecular flexibility index (Phi) is 5.22. The lowest BCUT2D eigenvalue weighted by molar-refractivity contribution is -0.0630. The third-order valence-corrected chi connectivity index (χ3v) is 5.49. The highest BCUT2D eigenvalue weighted by atomic mass is 19.3. The van der Waals surface area contributed by atoms with Crippen LogP contribution in [0.1, 0.15) is 45.1 Å². The number of halogens is 2. The summed E-state index contributed by atoms with van der Waals surface area (Å²) in [6.07, 6.45) is 2.31. The first-order chi connectivity index (χ1) is 12.2. The molecule has 3 nitrogen and oxygen atoms in total. The molecule has 1 atom stereocenters. The summed E-state index contributed by atoms with van der Waals surface area (Å²) in [4.78, 5) is 0. The molecule has 0 spiro atoms. The SMILES string of the molecule is CC(F)(F)C1CCC(Oc2ccc3cc([C@@](C)(N)CO)ccc3c2)CC1. The van der Waals surface area contributed by atoms with Gasteiger partial charge < -0.3 is 15.6 Å². The summed E-state index contributed by atoms with van der Waals surface area (Å²) in [6, 6.07) is 11.7. The van der Waals surface area contributed by atoms with Crippen LogP contribution in [0.15, 0.2) is 36.4 Å². The van der Waals surface area contributed by atoms with Crippen LogP contribution in [0.2, 0.25) is 0 Å². The van der Waals surface area contributed by atoms with Gasteiger partial charge in [0.25, 0.3) is 0 Å². The van der Waals surface area contributed by atoms with Gasteiger partial charge in [0, 0.05) is 5.92 Å². The average Bonchev–Trinajstić information content (AvgIpc) is 2.61. The molecule has 0 aromatic heterocycles. The van der Waals surface area contributed by atoms with Crippen molar-refractivity contribution >= 4 is 10.8 Å². The van der Waals surface area contributed by atoms with Crippen molar-refractivity contribution in [3.63, 3.8) is 0 Å². The van der Waals surface area contributed by atoms with E-state index >= 15 is 0 Å². The Hall–Kier alpha value is -1.72. The van der Waals surface area contributed by atoms with Crippen LogP contribution < -0.4 is 10.5 Å². The summed E-state index contributed by atoms with van der Waals surface area (Å²) in [5, 5.41) is 11.5. The minimum absolute atomic E-state index is 0.00737. The lowest BCUT2D eigenvalue weighted by Gasteiger charge is -2.32. The molecule has 1 aliphatic carbocycles. The largest absolute Gasteiger partial charge is 0.490 e. The van der Waals surface area contributed by atoms with Crippen LogP contribution in [-0.4, -0.2) is 23.7 Å². The molecule has 26 heavy (non-hydrogen) atoms. The van der Waals surface area contributed by atoms with Gasteiger partial charge in [0.1, 0.15) is 5.75 Å². The number of rotatable bonds is 5. The first-order valence-corrected chi connectivity index (χ1v) is 9.17. The highest BCUT2D eigenvalue weighted by Crippen LogP contribution is 2.37. The van der Waals surface area contributed by atoms with E-state index in [4.69, 9.17) is 10.5 Å². The van der Waals surface area contributed by atoms with E-state index in [1.807, 2.05) is 36.4 Å². The fourth-order valence-electron chi connectivity index (χ4n) is 3.62. The molecule has 3 rings (SSSR count). The molecule has 1 fully saturated rings. The van der Waals surface area contributed by atoms with E-state index in [2.05, 4.69) is 0 Å². The lowest BCUT2D eigenvalue weighted by atomic mass is 9.84. The number of benzene rings is 2. The van der Waals surface area contributed by atoms with Gasteiger partial charge in [-0.2, -0.15) is 0 Å². The van der Waals surface area contributed by atoms with E-state index < -0.39 is 17.4 Å². The monoisotopic (exact) mass is 363 g/mol. The Morgan fingerprint density at radius 2 is 1.65 bits per heavy atom. The highest BCUT2D eigenvalue weighted by Gasteiger charge is 2.37. The van der Waals surface area contributed by atoms with E-state index in [1.165, 1.54) is 0 Å². The van der Waals surface area contributed by atoms with Crippen molar-refractivity contribution < 1.29 is 18.6 Å². The second kappa shape index (κ2) is 7.12. The predicted molar refractivity (Wildman–Crippen MR) is 99.6 cm³/mol. The molecule has 0 aliphatic heterocycles. The van der Waals surface area contributed by atoms with E-state index in [-0.39, 0.29) is 12.7 Å². The van der Waals surface area contributed by atoms with E-state index in [0.29, 0.717) is 25.7 Å². The molecule has 0 amide bonds. The van der Waals surface area contributed by atoms with Crippen LogP contribution in [0.3, 0.4) is 0 Å². The summed E-state index contributed by atoms with van der Waals surface area (Å²) in [7, 11) is 0. The first-order valence-electron chi connectivity index (χ1n) is 9.17. The van der Waals surface area contributed by atoms with Crippen LogP contribution in [0.25, 0.3) is 10.8 Å². The minimum atomic E-state index is -2.60. The number of hydrogen-bond acceptors (Lipinski definition) is 3. The summed E-state index contributed by atoms with van der Waals surface area (Å²) in [5.74, 6) is -2.37. The zero-order valence-corrected chi connectivity index (χ0v) is 15.3. The summed E-state index contributed by atoms with van der Waals surface area (Å²) < 4.78 is 32.9. The maximum atomic E-state index is 13.4. The van der Waals surface area contributed by atoms with Crippen LogP contribution in [0.4, 0.5) is 8.78 Å². The Balaban J connectivity index is 1.69. The minimum Gasteiger partial charge on any atom is -0.490 e. The van der Waals surface area contributed by atoms with Crippen LogP contribution in [0.5, 0.6) is 5.75 Å². The van der Waals surface area contributed by atoms with E-state index in [1.54, 1.807) is 6.92 Å². The molecule has 0 bridgehead atoms. The Labute approximate surface area is 153 Å². The average molecular weight is 363 g/mol. The third-order valence-electron chi connectivity index (χ3n) is 5.49. The second-order valence-corrected chi connectivity index (χ2v) is 7.85. The van der Waals surface area contributed by atoms with Gasteiger partial charge in [0.05, 0.1) is 18.2 Å². The van der Waals surface area contributed by atoms with Crippen molar-refractivity contribution in [3.8, 4) is 5.75 Å². The molecule has 142 valence electrons. The Morgan fingerprint density at radius 1 is 1.04 bits per heavy atom. The fourth-order valence-corrected chi connectivity index (χ4v) is 3.62. The smallest absolute Gasteiger partial charge is 0.248 e. The van der Waals surface area contributed by atoms with Gasteiger partial charge in [-0.1, -0.05) is 18.2 Å². The molecule has 2 aromatic rings.